The van der Waals surface area contributed by atoms with Crippen LogP contribution in [0.15, 0.2) is 47.4 Å². The fraction of sp³-hybridized carbons (Fsp3) is 0.235. The van der Waals surface area contributed by atoms with Crippen LogP contribution in [0.1, 0.15) is 15.9 Å². The number of sulfonamides is 1. The molecule has 2 rings (SSSR count). The molecule has 0 amide bonds. The Morgan fingerprint density at radius 3 is 2.65 bits per heavy atom. The standard InChI is InChI=1S/C17H17Cl2NO4S2/c1-24-17(21)12-3-2-4-15(9-12)26(22,23)20-7-8-25-11-13-5-6-14(18)10-16(13)19/h2-6,9-10,20H,7-8,11H2,1H3. The summed E-state index contributed by atoms with van der Waals surface area (Å²) in [4.78, 5) is 11.5. The van der Waals surface area contributed by atoms with Crippen molar-refractivity contribution in [2.24, 2.45) is 0 Å². The number of methoxy groups -OCH3 is 1. The molecule has 2 aromatic rings. The van der Waals surface area contributed by atoms with Gasteiger partial charge in [0.25, 0.3) is 0 Å². The highest BCUT2D eigenvalue weighted by atomic mass is 35.5. The Hall–Kier alpha value is -1.25. The van der Waals surface area contributed by atoms with Gasteiger partial charge in [-0.3, -0.25) is 0 Å². The lowest BCUT2D eigenvalue weighted by molar-refractivity contribution is 0.0600. The van der Waals surface area contributed by atoms with Crippen molar-refractivity contribution in [2.45, 2.75) is 10.6 Å². The molecule has 140 valence electrons. The maximum Gasteiger partial charge on any atom is 0.337 e. The Labute approximate surface area is 167 Å². The van der Waals surface area contributed by atoms with E-state index in [9.17, 15) is 13.2 Å². The lowest BCUT2D eigenvalue weighted by atomic mass is 10.2. The van der Waals surface area contributed by atoms with E-state index in [1.54, 1.807) is 23.9 Å². The number of esters is 1. The van der Waals surface area contributed by atoms with Gasteiger partial charge in [0.1, 0.15) is 0 Å². The molecular formula is C17H17Cl2NO4S2. The van der Waals surface area contributed by atoms with Gasteiger partial charge in [-0.15, -0.1) is 0 Å². The Morgan fingerprint density at radius 1 is 1.19 bits per heavy atom. The van der Waals surface area contributed by atoms with Crippen LogP contribution in [0.2, 0.25) is 10.0 Å². The van der Waals surface area contributed by atoms with E-state index < -0.39 is 16.0 Å². The minimum Gasteiger partial charge on any atom is -0.465 e. The number of halogens is 2. The van der Waals surface area contributed by atoms with Gasteiger partial charge in [0.05, 0.1) is 17.6 Å². The zero-order chi connectivity index (χ0) is 19.2. The smallest absolute Gasteiger partial charge is 0.337 e. The first-order chi connectivity index (χ1) is 12.3. The summed E-state index contributed by atoms with van der Waals surface area (Å²) in [5.41, 5.74) is 1.12. The molecule has 5 nitrogen and oxygen atoms in total. The highest BCUT2D eigenvalue weighted by Gasteiger charge is 2.16. The predicted molar refractivity (Wildman–Crippen MR) is 106 cm³/mol. The average molecular weight is 434 g/mol. The van der Waals surface area contributed by atoms with Crippen LogP contribution in [0.25, 0.3) is 0 Å². The van der Waals surface area contributed by atoms with E-state index in [4.69, 9.17) is 23.2 Å². The first kappa shape index (κ1) is 21.1. The topological polar surface area (TPSA) is 72.5 Å². The number of nitrogens with one attached hydrogen (secondary N) is 1. The summed E-state index contributed by atoms with van der Waals surface area (Å²) < 4.78 is 31.7. The van der Waals surface area contributed by atoms with Crippen molar-refractivity contribution >= 4 is 51.0 Å². The number of thioether (sulfide) groups is 1. The van der Waals surface area contributed by atoms with E-state index in [-0.39, 0.29) is 17.0 Å². The lowest BCUT2D eigenvalue weighted by Gasteiger charge is -2.08. The third-order valence-corrected chi connectivity index (χ3v) is 6.43. The third kappa shape index (κ3) is 5.89. The zero-order valence-corrected chi connectivity index (χ0v) is 17.0. The van der Waals surface area contributed by atoms with E-state index >= 15 is 0 Å². The second-order valence-electron chi connectivity index (χ2n) is 5.21. The van der Waals surface area contributed by atoms with Gasteiger partial charge in [0.15, 0.2) is 0 Å². The van der Waals surface area contributed by atoms with Crippen LogP contribution in [0.3, 0.4) is 0 Å². The van der Waals surface area contributed by atoms with Gasteiger partial charge < -0.3 is 4.74 Å². The van der Waals surface area contributed by atoms with Crippen molar-refractivity contribution in [3.8, 4) is 0 Å². The Bertz CT molecular complexity index is 888. The minimum atomic E-state index is -3.70. The highest BCUT2D eigenvalue weighted by molar-refractivity contribution is 7.98. The number of carbonyl (C=O) groups excluding carboxylic acids is 1. The molecule has 0 saturated heterocycles. The first-order valence-electron chi connectivity index (χ1n) is 7.53. The SMILES string of the molecule is COC(=O)c1cccc(S(=O)(=O)NCCSCc2ccc(Cl)cc2Cl)c1. The summed E-state index contributed by atoms with van der Waals surface area (Å²) in [6.07, 6.45) is 0. The molecule has 26 heavy (non-hydrogen) atoms. The van der Waals surface area contributed by atoms with Gasteiger partial charge in [-0.2, -0.15) is 11.8 Å². The van der Waals surface area contributed by atoms with Crippen molar-refractivity contribution in [3.05, 3.63) is 63.6 Å². The molecule has 2 aromatic carbocycles. The highest BCUT2D eigenvalue weighted by Crippen LogP contribution is 2.24. The molecule has 0 spiro atoms. The molecule has 0 radical (unpaired) electrons. The van der Waals surface area contributed by atoms with E-state index in [1.165, 1.54) is 31.4 Å². The third-order valence-electron chi connectivity index (χ3n) is 3.38. The van der Waals surface area contributed by atoms with E-state index in [0.29, 0.717) is 21.6 Å². The molecular weight excluding hydrogens is 417 g/mol. The molecule has 0 atom stereocenters. The van der Waals surface area contributed by atoms with Gasteiger partial charge >= 0.3 is 5.97 Å². The Morgan fingerprint density at radius 2 is 1.96 bits per heavy atom. The van der Waals surface area contributed by atoms with Gasteiger partial charge in [-0.1, -0.05) is 35.3 Å². The maximum atomic E-state index is 12.3. The van der Waals surface area contributed by atoms with Crippen molar-refractivity contribution in [1.29, 1.82) is 0 Å². The first-order valence-corrected chi connectivity index (χ1v) is 10.9. The van der Waals surface area contributed by atoms with Gasteiger partial charge in [-0.25, -0.2) is 17.9 Å². The van der Waals surface area contributed by atoms with Crippen LogP contribution in [0.4, 0.5) is 0 Å². The van der Waals surface area contributed by atoms with Crippen molar-refractivity contribution < 1.29 is 17.9 Å². The minimum absolute atomic E-state index is 0.0196. The predicted octanol–water partition coefficient (Wildman–Crippen LogP) is 3.99. The van der Waals surface area contributed by atoms with Crippen LogP contribution in [0.5, 0.6) is 0 Å². The molecule has 0 aliphatic carbocycles. The van der Waals surface area contributed by atoms with E-state index in [1.807, 2.05) is 6.07 Å². The molecule has 0 aliphatic rings. The number of hydrogen-bond acceptors (Lipinski definition) is 5. The summed E-state index contributed by atoms with van der Waals surface area (Å²) in [6, 6.07) is 11.0. The van der Waals surface area contributed by atoms with Gasteiger partial charge in [0.2, 0.25) is 10.0 Å². The van der Waals surface area contributed by atoms with E-state index in [0.717, 1.165) is 5.56 Å². The molecule has 0 heterocycles. The molecule has 0 aromatic heterocycles. The van der Waals surface area contributed by atoms with Crippen LogP contribution in [-0.4, -0.2) is 33.8 Å². The normalized spacial score (nSPS) is 11.3. The van der Waals surface area contributed by atoms with Crippen molar-refractivity contribution in [3.63, 3.8) is 0 Å². The fourth-order valence-corrected chi connectivity index (χ4v) is 4.68. The average Bonchev–Trinajstić information content (AvgIpc) is 2.62. The van der Waals surface area contributed by atoms with Crippen LogP contribution >= 0.6 is 35.0 Å². The van der Waals surface area contributed by atoms with Crippen molar-refractivity contribution in [1.82, 2.24) is 4.72 Å². The summed E-state index contributed by atoms with van der Waals surface area (Å²) in [5.74, 6) is 0.627. The Kier molecular flexibility index (Phi) is 7.79. The van der Waals surface area contributed by atoms with Crippen LogP contribution in [0, 0.1) is 0 Å². The lowest BCUT2D eigenvalue weighted by Crippen LogP contribution is -2.26. The number of ether oxygens (including phenoxy) is 1. The number of hydrogen-bond donors (Lipinski definition) is 1. The quantitative estimate of drug-likeness (QED) is 0.503. The molecule has 0 unspecified atom stereocenters. The number of benzene rings is 2. The molecule has 0 bridgehead atoms. The largest absolute Gasteiger partial charge is 0.465 e. The molecule has 1 N–H and O–H groups in total. The van der Waals surface area contributed by atoms with Crippen molar-refractivity contribution in [2.75, 3.05) is 19.4 Å². The fourth-order valence-electron chi connectivity index (χ4n) is 2.06. The summed E-state index contributed by atoms with van der Waals surface area (Å²) in [7, 11) is -2.46. The zero-order valence-electron chi connectivity index (χ0n) is 13.9. The monoisotopic (exact) mass is 433 g/mol. The molecule has 0 fully saturated rings. The molecule has 0 aliphatic heterocycles. The maximum absolute atomic E-state index is 12.3. The Balaban J connectivity index is 1.87. The summed E-state index contributed by atoms with van der Waals surface area (Å²) in [5, 5.41) is 1.16. The second-order valence-corrected chi connectivity index (χ2v) is 8.92. The molecule has 9 heteroatoms. The summed E-state index contributed by atoms with van der Waals surface area (Å²) in [6.45, 7) is 0.251. The van der Waals surface area contributed by atoms with Crippen LogP contribution in [-0.2, 0) is 20.5 Å². The number of rotatable bonds is 8. The van der Waals surface area contributed by atoms with E-state index in [2.05, 4.69) is 9.46 Å². The van der Waals surface area contributed by atoms with Gasteiger partial charge in [-0.05, 0) is 35.9 Å². The number of carbonyl (C=O) groups is 1. The van der Waals surface area contributed by atoms with Crippen LogP contribution < -0.4 is 4.72 Å². The molecule has 0 saturated carbocycles. The second kappa shape index (κ2) is 9.62. The summed E-state index contributed by atoms with van der Waals surface area (Å²) >= 11 is 13.5. The van der Waals surface area contributed by atoms with Gasteiger partial charge in [0, 0.05) is 28.1 Å².